The number of hydrogen-bond donors (Lipinski definition) is 2. The third kappa shape index (κ3) is 2.85. The van der Waals surface area contributed by atoms with Crippen molar-refractivity contribution < 1.29 is 0 Å². The molecule has 3 aliphatic heterocycles. The third-order valence-corrected chi connectivity index (χ3v) is 4.31. The Labute approximate surface area is 136 Å². The molecule has 4 nitrogen and oxygen atoms in total. The summed E-state index contributed by atoms with van der Waals surface area (Å²) in [4.78, 5) is 12.3. The number of benzene rings is 1. The lowest BCUT2D eigenvalue weighted by Gasteiger charge is -2.30. The number of nitrogens with one attached hydrogen (secondary N) is 2. The van der Waals surface area contributed by atoms with Crippen LogP contribution in [0.1, 0.15) is 36.2 Å². The van der Waals surface area contributed by atoms with Crippen molar-refractivity contribution in [1.82, 2.24) is 20.3 Å². The maximum absolute atomic E-state index is 4.59. The average molecular weight is 315 g/mol. The standard InChI is InChI=1S/C17H18N4.ClH/c1-2-4-12(5-3-1)15-10-13(6-8-18-15)17-20-11-16-14(21-17)7-9-19-16;/h1-5,7,9,11,13,15,18H,6,8,10H2,(H,20,21);1H. The third-order valence-electron chi connectivity index (χ3n) is 4.31. The molecule has 0 bridgehead atoms. The van der Waals surface area contributed by atoms with Crippen molar-refractivity contribution in [3.8, 4) is 11.4 Å². The van der Waals surface area contributed by atoms with E-state index in [0.29, 0.717) is 12.0 Å². The molecule has 0 radical (unpaired) electrons. The molecule has 0 aliphatic carbocycles. The van der Waals surface area contributed by atoms with Gasteiger partial charge in [0.2, 0.25) is 0 Å². The van der Waals surface area contributed by atoms with Gasteiger partial charge in [-0.2, -0.15) is 0 Å². The second-order valence-corrected chi connectivity index (χ2v) is 5.65. The quantitative estimate of drug-likeness (QED) is 0.760. The number of halogens is 1. The van der Waals surface area contributed by atoms with Gasteiger partial charge in [0, 0.05) is 18.2 Å². The molecular weight excluding hydrogens is 296 g/mol. The molecule has 5 heteroatoms. The molecule has 0 saturated carbocycles. The lowest BCUT2D eigenvalue weighted by atomic mass is 9.88. The predicted octanol–water partition coefficient (Wildman–Crippen LogP) is 3.54. The van der Waals surface area contributed by atoms with Gasteiger partial charge < -0.3 is 10.3 Å². The highest BCUT2D eigenvalue weighted by Crippen LogP contribution is 2.33. The zero-order chi connectivity index (χ0) is 14.1. The molecule has 22 heavy (non-hydrogen) atoms. The molecule has 2 N–H and O–H groups in total. The number of rotatable bonds is 2. The molecular formula is C17H19ClN4. The summed E-state index contributed by atoms with van der Waals surface area (Å²) in [6.45, 7) is 1.02. The molecule has 114 valence electrons. The summed E-state index contributed by atoms with van der Waals surface area (Å²) in [6.07, 6.45) is 5.89. The summed E-state index contributed by atoms with van der Waals surface area (Å²) < 4.78 is 0. The van der Waals surface area contributed by atoms with Gasteiger partial charge in [0.1, 0.15) is 11.5 Å². The van der Waals surface area contributed by atoms with E-state index in [1.807, 2.05) is 18.5 Å². The fraction of sp³-hybridized carbons (Fsp3) is 0.294. The number of nitrogens with zero attached hydrogens (tertiary/aromatic N) is 2. The largest absolute Gasteiger partial charge is 0.342 e. The van der Waals surface area contributed by atoms with E-state index in [-0.39, 0.29) is 12.4 Å². The van der Waals surface area contributed by atoms with Gasteiger partial charge in [-0.05, 0) is 31.0 Å². The first-order valence-electron chi connectivity index (χ1n) is 7.48. The Morgan fingerprint density at radius 2 is 1.91 bits per heavy atom. The van der Waals surface area contributed by atoms with E-state index in [0.717, 1.165) is 36.6 Å². The number of aromatic amines is 1. The smallest absolute Gasteiger partial charge is 0.109 e. The number of aromatic nitrogens is 3. The normalized spacial score (nSPS) is 21.5. The molecule has 2 atom stereocenters. The minimum Gasteiger partial charge on any atom is -0.342 e. The van der Waals surface area contributed by atoms with Crippen LogP contribution in [0.5, 0.6) is 0 Å². The summed E-state index contributed by atoms with van der Waals surface area (Å²) in [5, 5.41) is 3.61. The van der Waals surface area contributed by atoms with Gasteiger partial charge in [0.25, 0.3) is 0 Å². The van der Waals surface area contributed by atoms with E-state index in [2.05, 4.69) is 50.6 Å². The highest BCUT2D eigenvalue weighted by molar-refractivity contribution is 5.85. The molecule has 0 spiro atoms. The Morgan fingerprint density at radius 3 is 2.77 bits per heavy atom. The zero-order valence-corrected chi connectivity index (χ0v) is 13.0. The highest BCUT2D eigenvalue weighted by atomic mass is 35.5. The highest BCUT2D eigenvalue weighted by Gasteiger charge is 2.25. The van der Waals surface area contributed by atoms with E-state index in [9.17, 15) is 0 Å². The van der Waals surface area contributed by atoms with Crippen molar-refractivity contribution in [2.75, 3.05) is 6.54 Å². The first-order chi connectivity index (χ1) is 10.4. The van der Waals surface area contributed by atoms with Crippen LogP contribution >= 0.6 is 12.4 Å². The summed E-state index contributed by atoms with van der Waals surface area (Å²) in [7, 11) is 0. The Bertz CT molecular complexity index is 697. The monoisotopic (exact) mass is 314 g/mol. The van der Waals surface area contributed by atoms with Crippen LogP contribution in [0.3, 0.4) is 0 Å². The van der Waals surface area contributed by atoms with Crippen LogP contribution in [0.15, 0.2) is 48.8 Å². The fourth-order valence-corrected chi connectivity index (χ4v) is 3.17. The van der Waals surface area contributed by atoms with Crippen molar-refractivity contribution in [1.29, 1.82) is 0 Å². The summed E-state index contributed by atoms with van der Waals surface area (Å²) in [6, 6.07) is 13.1. The van der Waals surface area contributed by atoms with Gasteiger partial charge in [-0.25, -0.2) is 4.98 Å². The molecule has 1 aromatic carbocycles. The van der Waals surface area contributed by atoms with E-state index in [4.69, 9.17) is 0 Å². The van der Waals surface area contributed by atoms with Gasteiger partial charge in [0.05, 0.1) is 11.9 Å². The Hall–Kier alpha value is -1.91. The Morgan fingerprint density at radius 1 is 1.05 bits per heavy atom. The summed E-state index contributed by atoms with van der Waals surface area (Å²) in [5.74, 6) is 1.55. The minimum absolute atomic E-state index is 0. The lowest BCUT2D eigenvalue weighted by molar-refractivity contribution is 0.360. The second-order valence-electron chi connectivity index (χ2n) is 5.65. The Kier molecular flexibility index (Phi) is 4.41. The Balaban J connectivity index is 0.00000144. The van der Waals surface area contributed by atoms with Crippen LogP contribution in [0.25, 0.3) is 11.4 Å². The molecule has 3 aliphatic rings. The van der Waals surface area contributed by atoms with Crippen LogP contribution in [-0.2, 0) is 0 Å². The maximum Gasteiger partial charge on any atom is 0.109 e. The van der Waals surface area contributed by atoms with E-state index in [1.165, 1.54) is 5.56 Å². The van der Waals surface area contributed by atoms with Crippen LogP contribution in [0.2, 0.25) is 0 Å². The van der Waals surface area contributed by atoms with Crippen LogP contribution < -0.4 is 5.32 Å². The first-order valence-corrected chi connectivity index (χ1v) is 7.48. The molecule has 3 heterocycles. The molecule has 4 rings (SSSR count). The topological polar surface area (TPSA) is 53.6 Å². The average Bonchev–Trinajstić information content (AvgIpc) is 3.03. The zero-order valence-electron chi connectivity index (χ0n) is 12.2. The number of fused-ring (bicyclic) bond motifs is 1. The number of H-pyrrole nitrogens is 1. The predicted molar refractivity (Wildman–Crippen MR) is 89.4 cm³/mol. The van der Waals surface area contributed by atoms with Crippen LogP contribution in [-0.4, -0.2) is 21.5 Å². The van der Waals surface area contributed by atoms with Crippen LogP contribution in [0.4, 0.5) is 0 Å². The van der Waals surface area contributed by atoms with Gasteiger partial charge in [0.15, 0.2) is 0 Å². The first kappa shape index (κ1) is 15.0. The van der Waals surface area contributed by atoms with Crippen molar-refractivity contribution >= 4 is 12.4 Å². The molecule has 2 unspecified atom stereocenters. The number of hydrogen-bond acceptors (Lipinski definition) is 3. The van der Waals surface area contributed by atoms with E-state index in [1.54, 1.807) is 0 Å². The van der Waals surface area contributed by atoms with Crippen LogP contribution in [0, 0.1) is 0 Å². The van der Waals surface area contributed by atoms with Gasteiger partial charge in [-0.1, -0.05) is 30.3 Å². The SMILES string of the molecule is Cl.c1ccc(C2CC(c3ncc4nccc-4[nH]3)CCN2)cc1. The van der Waals surface area contributed by atoms with E-state index < -0.39 is 0 Å². The fourth-order valence-electron chi connectivity index (χ4n) is 3.17. The van der Waals surface area contributed by atoms with Gasteiger partial charge in [-0.3, -0.25) is 4.98 Å². The molecule has 1 fully saturated rings. The minimum atomic E-state index is 0. The summed E-state index contributed by atoms with van der Waals surface area (Å²) >= 11 is 0. The lowest BCUT2D eigenvalue weighted by Crippen LogP contribution is -2.31. The molecule has 1 saturated heterocycles. The van der Waals surface area contributed by atoms with Gasteiger partial charge in [-0.15, -0.1) is 12.4 Å². The molecule has 0 amide bonds. The molecule has 1 aromatic rings. The molecule has 0 aromatic heterocycles. The van der Waals surface area contributed by atoms with Crippen molar-refractivity contribution in [3.05, 3.63) is 60.2 Å². The van der Waals surface area contributed by atoms with E-state index >= 15 is 0 Å². The van der Waals surface area contributed by atoms with Crippen molar-refractivity contribution in [2.24, 2.45) is 0 Å². The second kappa shape index (κ2) is 6.46. The maximum atomic E-state index is 4.59. The number of piperidine rings is 1. The van der Waals surface area contributed by atoms with Crippen molar-refractivity contribution in [3.63, 3.8) is 0 Å². The van der Waals surface area contributed by atoms with Gasteiger partial charge >= 0.3 is 0 Å². The summed E-state index contributed by atoms with van der Waals surface area (Å²) in [5.41, 5.74) is 3.38. The van der Waals surface area contributed by atoms with Crippen molar-refractivity contribution in [2.45, 2.75) is 24.8 Å².